The van der Waals surface area contributed by atoms with Crippen molar-refractivity contribution in [2.24, 2.45) is 0 Å². The molecule has 0 spiro atoms. The Balaban J connectivity index is 0.808. The van der Waals surface area contributed by atoms with E-state index in [2.05, 4.69) is 148 Å². The molecular weight excluding hydrogens is 791 g/mol. The molecule has 0 radical (unpaired) electrons. The molecule has 0 saturated carbocycles. The van der Waals surface area contributed by atoms with Crippen LogP contribution in [0.4, 0.5) is 11.4 Å². The molecule has 0 atom stereocenters. The van der Waals surface area contributed by atoms with Gasteiger partial charge in [-0.3, -0.25) is 9.59 Å². The van der Waals surface area contributed by atoms with Gasteiger partial charge in [0.1, 0.15) is 18.9 Å². The summed E-state index contributed by atoms with van der Waals surface area (Å²) in [5.74, 6) is 0.594. The minimum atomic E-state index is 0.175. The molecule has 0 fully saturated rings. The summed E-state index contributed by atoms with van der Waals surface area (Å²) < 4.78 is 4.97. The third-order valence-electron chi connectivity index (χ3n) is 12.9. The van der Waals surface area contributed by atoms with Gasteiger partial charge in [-0.2, -0.15) is 9.13 Å². The van der Waals surface area contributed by atoms with E-state index < -0.39 is 0 Å². The molecule has 9 nitrogen and oxygen atoms in total. The Labute approximate surface area is 383 Å². The number of carbonyl (C=O) groups excluding carboxylic acids is 2. The number of anilines is 2. The molecule has 342 valence electrons. The van der Waals surface area contributed by atoms with Crippen LogP contribution >= 0.6 is 0 Å². The number of hydrogen-bond donors (Lipinski definition) is 3. The van der Waals surface area contributed by atoms with Gasteiger partial charge in [0.25, 0.3) is 0 Å². The molecule has 9 heteroatoms. The van der Waals surface area contributed by atoms with E-state index in [9.17, 15) is 9.59 Å². The van der Waals surface area contributed by atoms with Gasteiger partial charge in [-0.15, -0.1) is 0 Å². The topological polar surface area (TPSA) is 84.5 Å². The first-order valence-electron chi connectivity index (χ1n) is 24.4. The Bertz CT molecular complexity index is 2330. The maximum Gasteiger partial charge on any atom is 0.219 e. The van der Waals surface area contributed by atoms with Crippen molar-refractivity contribution in [3.63, 3.8) is 0 Å². The zero-order valence-electron chi connectivity index (χ0n) is 40.0. The number of nitrogens with zero attached hydrogens (tertiary/aromatic N) is 4. The largest absolute Gasteiger partial charge is 0.377 e. The number of fused-ring (bicyclic) bond motifs is 4. The molecule has 0 unspecified atom stereocenters. The monoisotopic (exact) mass is 868 g/mol. The van der Waals surface area contributed by atoms with E-state index >= 15 is 0 Å². The van der Waals surface area contributed by atoms with Gasteiger partial charge in [-0.05, 0) is 112 Å². The predicted octanol–water partition coefficient (Wildman–Crippen LogP) is 10.1. The Hall–Kier alpha value is -5.12. The Morgan fingerprint density at radius 1 is 0.453 bits per heavy atom. The summed E-state index contributed by atoms with van der Waals surface area (Å²) in [7, 11) is 12.4. The molecule has 2 heterocycles. The van der Waals surface area contributed by atoms with Gasteiger partial charge in [0, 0.05) is 137 Å². The van der Waals surface area contributed by atoms with Gasteiger partial charge in [-0.1, -0.05) is 44.2 Å². The third-order valence-corrected chi connectivity index (χ3v) is 12.9. The van der Waals surface area contributed by atoms with Crippen LogP contribution in [0, 0.1) is 0 Å². The number of hydrogen-bond acceptors (Lipinski definition) is 6. The average Bonchev–Trinajstić information content (AvgIpc) is 3.28. The Morgan fingerprint density at radius 2 is 0.844 bits per heavy atom. The predicted molar refractivity (Wildman–Crippen MR) is 269 cm³/mol. The average molecular weight is 868 g/mol. The molecule has 6 aromatic rings. The zero-order chi connectivity index (χ0) is 45.3. The fraction of sp³-hybridized carbons (Fsp3) is 0.491. The maximum absolute atomic E-state index is 12.7. The number of carbonyl (C=O) groups is 2. The molecule has 0 aliphatic rings. The van der Waals surface area contributed by atoms with E-state index in [1.807, 2.05) is 14.1 Å². The fourth-order valence-electron chi connectivity index (χ4n) is 9.20. The maximum atomic E-state index is 12.7. The van der Waals surface area contributed by atoms with Crippen molar-refractivity contribution in [3.8, 4) is 0 Å². The summed E-state index contributed by atoms with van der Waals surface area (Å²) in [6.45, 7) is 4.33. The van der Waals surface area contributed by atoms with E-state index in [4.69, 9.17) is 0 Å². The van der Waals surface area contributed by atoms with Crippen molar-refractivity contribution in [1.29, 1.82) is 0 Å². The quantitative estimate of drug-likeness (QED) is 0.0259. The van der Waals surface area contributed by atoms with Crippen molar-refractivity contribution in [1.82, 2.24) is 16.0 Å². The van der Waals surface area contributed by atoms with Gasteiger partial charge in [0.05, 0.1) is 0 Å². The first-order valence-corrected chi connectivity index (χ1v) is 24.4. The highest BCUT2D eigenvalue weighted by molar-refractivity contribution is 5.92. The number of aromatic nitrogens is 2. The third kappa shape index (κ3) is 13.7. The smallest absolute Gasteiger partial charge is 0.219 e. The van der Waals surface area contributed by atoms with Gasteiger partial charge in [0.15, 0.2) is 0 Å². The van der Waals surface area contributed by atoms with Crippen molar-refractivity contribution in [2.45, 2.75) is 129 Å². The summed E-state index contributed by atoms with van der Waals surface area (Å²) in [6, 6.07) is 31.7. The van der Waals surface area contributed by atoms with Crippen molar-refractivity contribution in [3.05, 3.63) is 96.1 Å². The lowest BCUT2D eigenvalue weighted by Crippen LogP contribution is -2.36. The molecule has 0 aliphatic heterocycles. The summed E-state index contributed by atoms with van der Waals surface area (Å²) >= 11 is 0. The van der Waals surface area contributed by atoms with E-state index in [0.717, 1.165) is 96.9 Å². The van der Waals surface area contributed by atoms with Gasteiger partial charge in [0.2, 0.25) is 28.0 Å². The van der Waals surface area contributed by atoms with Crippen LogP contribution in [0.2, 0.25) is 0 Å². The molecule has 64 heavy (non-hydrogen) atoms. The van der Waals surface area contributed by atoms with Crippen molar-refractivity contribution < 1.29 is 18.7 Å². The molecule has 2 aromatic heterocycles. The Kier molecular flexibility index (Phi) is 18.7. The minimum Gasteiger partial charge on any atom is -0.377 e. The van der Waals surface area contributed by atoms with Gasteiger partial charge < -0.3 is 25.8 Å². The molecule has 0 saturated heterocycles. The first kappa shape index (κ1) is 48.3. The number of nitrogens with one attached hydrogen (secondary N) is 3. The highest BCUT2D eigenvalue weighted by Gasteiger charge is 2.19. The lowest BCUT2D eigenvalue weighted by molar-refractivity contribution is -0.646. The number of ketones is 1. The summed E-state index contributed by atoms with van der Waals surface area (Å²) in [6.07, 6.45) is 15.9. The van der Waals surface area contributed by atoms with Crippen LogP contribution in [0.3, 0.4) is 0 Å². The molecule has 0 aliphatic carbocycles. The van der Waals surface area contributed by atoms with Gasteiger partial charge in [-0.25, -0.2) is 0 Å². The fourth-order valence-corrected chi connectivity index (χ4v) is 9.20. The molecule has 3 N–H and O–H groups in total. The van der Waals surface area contributed by atoms with E-state index in [1.165, 1.54) is 85.4 Å². The molecule has 1 amide bonds. The first-order chi connectivity index (χ1) is 31.1. The number of pyridine rings is 2. The SMILES string of the molecule is CNCc1ccc2cc3ccc(CNC)cc3[n+](CCCCCC(=O)CCCCCCCCCNC(=O)CCCCC[n+]3c4cc(N(C)C)ccc4cc4ccc(N(C)C)cc43)c2c1. The number of benzene rings is 4. The minimum absolute atomic E-state index is 0.175. The van der Waals surface area contributed by atoms with E-state index in [0.29, 0.717) is 25.0 Å². The van der Waals surface area contributed by atoms with Crippen LogP contribution in [-0.2, 0) is 35.8 Å². The number of amides is 1. The normalized spacial score (nSPS) is 11.6. The van der Waals surface area contributed by atoms with Crippen LogP contribution in [0.5, 0.6) is 0 Å². The second-order valence-electron chi connectivity index (χ2n) is 18.4. The lowest BCUT2D eigenvalue weighted by Gasteiger charge is -2.15. The molecule has 6 rings (SSSR count). The zero-order valence-corrected chi connectivity index (χ0v) is 40.0. The molecular formula is C55H77N7O2+2. The van der Waals surface area contributed by atoms with Crippen LogP contribution < -0.4 is 34.9 Å². The summed E-state index contributed by atoms with van der Waals surface area (Å²) in [5, 5.41) is 14.8. The number of rotatable bonds is 28. The molecule has 4 aromatic carbocycles. The van der Waals surface area contributed by atoms with Crippen LogP contribution in [-0.4, -0.2) is 60.5 Å². The van der Waals surface area contributed by atoms with E-state index in [-0.39, 0.29) is 5.91 Å². The number of aryl methyl sites for hydroxylation is 2. The van der Waals surface area contributed by atoms with Crippen molar-refractivity contribution >= 4 is 66.7 Å². The van der Waals surface area contributed by atoms with Gasteiger partial charge >= 0.3 is 0 Å². The van der Waals surface area contributed by atoms with Crippen LogP contribution in [0.25, 0.3) is 43.6 Å². The standard InChI is InChI=1S/C55H76N7O2/c1-56-40-42-23-25-44-36-45-26-24-43(41-57-2)35-52(45)61(51(44)34-42)32-18-12-15-21-50(63)20-14-10-8-7-9-11-17-31-58-55(64)22-16-13-19-33-62-53-38-48(59(3)4)29-27-46(53)37-47-28-30-49(60(5)6)39-54(47)62/h23-30,34-39,56-57H,7-22,31-33,40-41H2,1-6H3/q+1/p+1. The summed E-state index contributed by atoms with van der Waals surface area (Å²) in [5.41, 5.74) is 10.0. The van der Waals surface area contributed by atoms with Crippen molar-refractivity contribution in [2.75, 3.05) is 58.6 Å². The second-order valence-corrected chi connectivity index (χ2v) is 18.4. The number of unbranched alkanes of at least 4 members (excludes halogenated alkanes) is 10. The van der Waals surface area contributed by atoms with Crippen LogP contribution in [0.1, 0.15) is 114 Å². The van der Waals surface area contributed by atoms with Crippen LogP contribution in [0.15, 0.2) is 84.9 Å². The summed E-state index contributed by atoms with van der Waals surface area (Å²) in [4.78, 5) is 29.7. The Morgan fingerprint density at radius 3 is 1.30 bits per heavy atom. The lowest BCUT2D eigenvalue weighted by atomic mass is 10.0. The second kappa shape index (κ2) is 24.8. The number of Topliss-reactive ketones (excluding diaryl/α,β-unsaturated/α-hetero) is 1. The highest BCUT2D eigenvalue weighted by Crippen LogP contribution is 2.26. The highest BCUT2D eigenvalue weighted by atomic mass is 16.1. The van der Waals surface area contributed by atoms with E-state index in [1.54, 1.807) is 0 Å². The molecule has 0 bridgehead atoms.